The van der Waals surface area contributed by atoms with Crippen molar-refractivity contribution in [3.8, 4) is 5.69 Å². The third-order valence-electron chi connectivity index (χ3n) is 7.58. The summed E-state index contributed by atoms with van der Waals surface area (Å²) >= 11 is 0. The average Bonchev–Trinajstić information content (AvgIpc) is 3.29. The molecule has 1 amide bonds. The zero-order valence-electron chi connectivity index (χ0n) is 21.3. The molecule has 0 radical (unpaired) electrons. The molecule has 5 aromatic rings. The van der Waals surface area contributed by atoms with Gasteiger partial charge >= 0.3 is 5.69 Å². The number of rotatable bonds is 5. The summed E-state index contributed by atoms with van der Waals surface area (Å²) in [7, 11) is 0. The normalized spacial score (nSPS) is 16.8. The number of carbonyl (C=O) groups excluding carboxylic acids is 1. The number of H-pyrrole nitrogens is 1. The summed E-state index contributed by atoms with van der Waals surface area (Å²) in [5.74, 6) is -2.38. The Balaban J connectivity index is 1.59. The zero-order valence-corrected chi connectivity index (χ0v) is 21.3. The summed E-state index contributed by atoms with van der Waals surface area (Å²) in [6.45, 7) is 1.64. The maximum absolute atomic E-state index is 16.0. The van der Waals surface area contributed by atoms with E-state index >= 15 is 4.39 Å². The van der Waals surface area contributed by atoms with Gasteiger partial charge in [0.1, 0.15) is 12.0 Å². The lowest BCUT2D eigenvalue weighted by molar-refractivity contribution is -0.112. The minimum Gasteiger partial charge on any atom is -0.396 e. The number of amides is 1. The lowest BCUT2D eigenvalue weighted by atomic mass is 9.78. The summed E-state index contributed by atoms with van der Waals surface area (Å²) in [5.41, 5.74) is 7.65. The van der Waals surface area contributed by atoms with Crippen LogP contribution in [-0.2, 0) is 11.2 Å². The second-order valence-electron chi connectivity index (χ2n) is 9.84. The topological polar surface area (TPSA) is 123 Å². The minimum absolute atomic E-state index is 0.0264. The number of pyridine rings is 1. The summed E-state index contributed by atoms with van der Waals surface area (Å²) in [5, 5.41) is 10.0. The van der Waals surface area contributed by atoms with Crippen molar-refractivity contribution in [2.75, 3.05) is 6.61 Å². The molecule has 6 rings (SSSR count). The fourth-order valence-electron chi connectivity index (χ4n) is 5.74. The van der Waals surface area contributed by atoms with Crippen LogP contribution < -0.4 is 17.0 Å². The van der Waals surface area contributed by atoms with Crippen molar-refractivity contribution >= 4 is 27.9 Å². The van der Waals surface area contributed by atoms with E-state index in [0.29, 0.717) is 39.7 Å². The first-order valence-electron chi connectivity index (χ1n) is 12.7. The minimum atomic E-state index is -1.65. The van der Waals surface area contributed by atoms with Crippen LogP contribution in [0.3, 0.4) is 0 Å². The molecular weight excluding hydrogens is 518 g/mol. The molecule has 8 nitrogen and oxygen atoms in total. The SMILES string of the molecule is Cc1c(C2c3c([nH]c4cc(CCO)ccc34)C(C(N)=O)=C[C@H]2F)cccc1-n1c(=O)cc2c(F)cccn2c1=O. The number of carbonyl (C=O) groups is 1. The highest BCUT2D eigenvalue weighted by molar-refractivity contribution is 6.20. The number of fused-ring (bicyclic) bond motifs is 4. The Hall–Kier alpha value is -4.83. The number of nitrogens with zero attached hydrogens (tertiary/aromatic N) is 2. The predicted molar refractivity (Wildman–Crippen MR) is 147 cm³/mol. The smallest absolute Gasteiger partial charge is 0.340 e. The summed E-state index contributed by atoms with van der Waals surface area (Å²) in [6, 6.07) is 14.0. The van der Waals surface area contributed by atoms with Gasteiger partial charge in [0.2, 0.25) is 0 Å². The standard InChI is InChI=1S/C30H24F2N4O4/c1-15-17(4-2-6-23(15)36-25(38)14-24-20(31)5-3-10-35(24)30(36)40)26-21(32)13-19(29(33)39)28-27(26)18-8-7-16(9-11-37)12-22(18)34-28/h2-8,10,12-14,21,26,34,37H,9,11H2,1H3,(H2,33,39)/t21-,26?/m1/s1. The number of alkyl halides is 1. The molecule has 0 saturated carbocycles. The van der Waals surface area contributed by atoms with Crippen LogP contribution in [0.5, 0.6) is 0 Å². The van der Waals surface area contributed by atoms with Crippen LogP contribution in [-0.4, -0.2) is 37.7 Å². The molecule has 0 spiro atoms. The van der Waals surface area contributed by atoms with Gasteiger partial charge < -0.3 is 15.8 Å². The number of allylic oxidation sites excluding steroid dienone is 1. The van der Waals surface area contributed by atoms with E-state index < -0.39 is 35.1 Å². The number of aliphatic hydroxyl groups is 1. The van der Waals surface area contributed by atoms with Gasteiger partial charge in [-0.05, 0) is 65.9 Å². The van der Waals surface area contributed by atoms with Gasteiger partial charge in [-0.2, -0.15) is 0 Å². The molecule has 1 aliphatic carbocycles. The van der Waals surface area contributed by atoms with Crippen LogP contribution in [0.25, 0.3) is 27.7 Å². The van der Waals surface area contributed by atoms with Crippen molar-refractivity contribution in [2.45, 2.75) is 25.4 Å². The largest absolute Gasteiger partial charge is 0.396 e. The van der Waals surface area contributed by atoms with Crippen molar-refractivity contribution in [2.24, 2.45) is 5.73 Å². The Morgan fingerprint density at radius 2 is 1.93 bits per heavy atom. The van der Waals surface area contributed by atoms with Gasteiger partial charge in [-0.25, -0.2) is 18.1 Å². The number of aliphatic hydroxyl groups excluding tert-OH is 1. The maximum Gasteiger partial charge on any atom is 0.340 e. The van der Waals surface area contributed by atoms with E-state index in [0.717, 1.165) is 26.7 Å². The average molecular weight is 543 g/mol. The molecule has 10 heteroatoms. The Kier molecular flexibility index (Phi) is 5.99. The van der Waals surface area contributed by atoms with E-state index in [1.165, 1.54) is 18.3 Å². The highest BCUT2D eigenvalue weighted by atomic mass is 19.1. The van der Waals surface area contributed by atoms with Crippen molar-refractivity contribution in [3.63, 3.8) is 0 Å². The number of aromatic amines is 1. The number of hydrogen-bond acceptors (Lipinski definition) is 4. The van der Waals surface area contributed by atoms with Gasteiger partial charge in [0.25, 0.3) is 11.5 Å². The van der Waals surface area contributed by atoms with Crippen LogP contribution in [0.1, 0.15) is 33.9 Å². The molecule has 2 atom stereocenters. The van der Waals surface area contributed by atoms with Gasteiger partial charge in [0.05, 0.1) is 22.5 Å². The number of aromatic nitrogens is 3. The van der Waals surface area contributed by atoms with Gasteiger partial charge in [-0.1, -0.05) is 24.3 Å². The monoisotopic (exact) mass is 542 g/mol. The second kappa shape index (κ2) is 9.42. The lowest BCUT2D eigenvalue weighted by Crippen LogP contribution is -2.36. The highest BCUT2D eigenvalue weighted by Crippen LogP contribution is 2.45. The van der Waals surface area contributed by atoms with Crippen molar-refractivity contribution in [3.05, 3.63) is 121 Å². The van der Waals surface area contributed by atoms with Crippen molar-refractivity contribution in [1.82, 2.24) is 14.0 Å². The van der Waals surface area contributed by atoms with Crippen molar-refractivity contribution in [1.29, 1.82) is 0 Å². The van der Waals surface area contributed by atoms with Crippen LogP contribution in [0, 0.1) is 12.7 Å². The number of nitrogens with one attached hydrogen (secondary N) is 1. The third-order valence-corrected chi connectivity index (χ3v) is 7.58. The van der Waals surface area contributed by atoms with E-state index in [4.69, 9.17) is 5.73 Å². The highest BCUT2D eigenvalue weighted by Gasteiger charge is 2.37. The Labute approximate surface area is 225 Å². The van der Waals surface area contributed by atoms with Crippen molar-refractivity contribution < 1.29 is 18.7 Å². The van der Waals surface area contributed by atoms with Crippen LogP contribution >= 0.6 is 0 Å². The molecule has 4 N–H and O–H groups in total. The van der Waals surface area contributed by atoms with Gasteiger partial charge in [-0.15, -0.1) is 0 Å². The molecule has 2 aromatic carbocycles. The molecule has 0 aliphatic heterocycles. The van der Waals surface area contributed by atoms with E-state index in [9.17, 15) is 23.9 Å². The Morgan fingerprint density at radius 3 is 2.67 bits per heavy atom. The van der Waals surface area contributed by atoms with E-state index in [1.807, 2.05) is 18.2 Å². The van der Waals surface area contributed by atoms with E-state index in [1.54, 1.807) is 25.1 Å². The number of benzene rings is 2. The van der Waals surface area contributed by atoms with Crippen LogP contribution in [0.15, 0.2) is 76.5 Å². The fraction of sp³-hybridized carbons (Fsp3) is 0.167. The molecule has 3 aromatic heterocycles. The second-order valence-corrected chi connectivity index (χ2v) is 9.84. The molecular formula is C30H24F2N4O4. The van der Waals surface area contributed by atoms with E-state index in [2.05, 4.69) is 4.98 Å². The number of hydrogen-bond donors (Lipinski definition) is 3. The fourth-order valence-corrected chi connectivity index (χ4v) is 5.74. The third kappa shape index (κ3) is 3.79. The number of halogens is 2. The zero-order chi connectivity index (χ0) is 28.3. The molecule has 1 aliphatic rings. The lowest BCUT2D eigenvalue weighted by Gasteiger charge is -2.28. The first-order chi connectivity index (χ1) is 19.2. The Bertz CT molecular complexity index is 2000. The van der Waals surface area contributed by atoms with Gasteiger partial charge in [0, 0.05) is 35.7 Å². The van der Waals surface area contributed by atoms with Gasteiger partial charge in [-0.3, -0.25) is 14.0 Å². The van der Waals surface area contributed by atoms with E-state index in [-0.39, 0.29) is 23.4 Å². The molecule has 202 valence electrons. The van der Waals surface area contributed by atoms with Crippen LogP contribution in [0.2, 0.25) is 0 Å². The number of nitrogens with two attached hydrogens (primary N) is 1. The van der Waals surface area contributed by atoms with Gasteiger partial charge in [0.15, 0.2) is 0 Å². The number of primary amides is 1. The molecule has 40 heavy (non-hydrogen) atoms. The van der Waals surface area contributed by atoms with Crippen LogP contribution in [0.4, 0.5) is 8.78 Å². The molecule has 0 bridgehead atoms. The molecule has 0 fully saturated rings. The molecule has 3 heterocycles. The summed E-state index contributed by atoms with van der Waals surface area (Å²) in [6.07, 6.45) is 1.33. The summed E-state index contributed by atoms with van der Waals surface area (Å²) < 4.78 is 32.3. The Morgan fingerprint density at radius 1 is 1.12 bits per heavy atom. The first kappa shape index (κ1) is 25.4. The predicted octanol–water partition coefficient (Wildman–Crippen LogP) is 3.27. The maximum atomic E-state index is 16.0. The summed E-state index contributed by atoms with van der Waals surface area (Å²) in [4.78, 5) is 41.9. The molecule has 1 unspecified atom stereocenters. The first-order valence-corrected chi connectivity index (χ1v) is 12.7. The molecule has 0 saturated heterocycles. The quantitative estimate of drug-likeness (QED) is 0.316.